The van der Waals surface area contributed by atoms with Crippen LogP contribution >= 0.6 is 11.3 Å². The molecule has 0 spiro atoms. The summed E-state index contributed by atoms with van der Waals surface area (Å²) in [6.45, 7) is 4.34. The number of methoxy groups -OCH3 is 2. The maximum atomic E-state index is 5.39. The third kappa shape index (κ3) is 3.25. The van der Waals surface area contributed by atoms with E-state index in [0.717, 1.165) is 23.6 Å². The Morgan fingerprint density at radius 3 is 2.55 bits per heavy atom. The smallest absolute Gasteiger partial charge is 0.142 e. The zero-order valence-electron chi connectivity index (χ0n) is 12.4. The summed E-state index contributed by atoms with van der Waals surface area (Å²) >= 11 is 1.85. The summed E-state index contributed by atoms with van der Waals surface area (Å²) in [7, 11) is 3.35. The van der Waals surface area contributed by atoms with Gasteiger partial charge in [0.05, 0.1) is 25.9 Å². The van der Waals surface area contributed by atoms with Crippen LogP contribution in [0.5, 0.6) is 11.5 Å². The fraction of sp³-hybridized carbons (Fsp3) is 0.375. The van der Waals surface area contributed by atoms with Crippen LogP contribution in [-0.4, -0.2) is 14.2 Å². The number of rotatable bonds is 6. The molecule has 1 heterocycles. The second-order valence-corrected chi connectivity index (χ2v) is 5.79. The molecule has 0 aliphatic carbocycles. The SMILES string of the molecule is CCc1ccc(C(C)Nc2cc(OC)ccc2OC)s1. The van der Waals surface area contributed by atoms with Gasteiger partial charge in [-0.3, -0.25) is 0 Å². The molecule has 4 heteroatoms. The predicted molar refractivity (Wildman–Crippen MR) is 85.3 cm³/mol. The fourth-order valence-corrected chi connectivity index (χ4v) is 3.00. The number of ether oxygens (including phenoxy) is 2. The molecule has 0 saturated carbocycles. The van der Waals surface area contributed by atoms with E-state index >= 15 is 0 Å². The highest BCUT2D eigenvalue weighted by Crippen LogP contribution is 2.33. The van der Waals surface area contributed by atoms with Crippen molar-refractivity contribution in [1.29, 1.82) is 0 Å². The molecule has 1 N–H and O–H groups in total. The molecule has 20 heavy (non-hydrogen) atoms. The minimum Gasteiger partial charge on any atom is -0.497 e. The normalized spacial score (nSPS) is 12.0. The average molecular weight is 291 g/mol. The Balaban J connectivity index is 2.19. The number of anilines is 1. The van der Waals surface area contributed by atoms with Gasteiger partial charge >= 0.3 is 0 Å². The lowest BCUT2D eigenvalue weighted by Gasteiger charge is -2.17. The second-order valence-electron chi connectivity index (χ2n) is 4.59. The van der Waals surface area contributed by atoms with E-state index in [-0.39, 0.29) is 6.04 Å². The molecular formula is C16H21NO2S. The van der Waals surface area contributed by atoms with Crippen LogP contribution in [0.2, 0.25) is 0 Å². The van der Waals surface area contributed by atoms with Gasteiger partial charge in [-0.15, -0.1) is 11.3 Å². The van der Waals surface area contributed by atoms with E-state index in [2.05, 4.69) is 31.3 Å². The third-order valence-corrected chi connectivity index (χ3v) is 4.65. The first-order chi connectivity index (χ1) is 9.67. The van der Waals surface area contributed by atoms with Crippen molar-refractivity contribution in [3.05, 3.63) is 40.1 Å². The van der Waals surface area contributed by atoms with Crippen LogP contribution in [0.4, 0.5) is 5.69 Å². The van der Waals surface area contributed by atoms with Crippen molar-refractivity contribution >= 4 is 17.0 Å². The van der Waals surface area contributed by atoms with Gasteiger partial charge in [0.2, 0.25) is 0 Å². The molecule has 0 bridgehead atoms. The Morgan fingerprint density at radius 2 is 1.95 bits per heavy atom. The van der Waals surface area contributed by atoms with Crippen LogP contribution in [0.1, 0.15) is 29.6 Å². The van der Waals surface area contributed by atoms with E-state index in [1.165, 1.54) is 9.75 Å². The first-order valence-electron chi connectivity index (χ1n) is 6.75. The van der Waals surface area contributed by atoms with Crippen molar-refractivity contribution in [2.75, 3.05) is 19.5 Å². The molecule has 1 unspecified atom stereocenters. The highest BCUT2D eigenvalue weighted by molar-refractivity contribution is 7.12. The molecule has 0 amide bonds. The molecule has 3 nitrogen and oxygen atoms in total. The zero-order chi connectivity index (χ0) is 14.5. The zero-order valence-corrected chi connectivity index (χ0v) is 13.2. The van der Waals surface area contributed by atoms with Crippen molar-refractivity contribution in [2.24, 2.45) is 0 Å². The maximum Gasteiger partial charge on any atom is 0.142 e. The van der Waals surface area contributed by atoms with Gasteiger partial charge in [0.1, 0.15) is 11.5 Å². The number of hydrogen-bond acceptors (Lipinski definition) is 4. The maximum absolute atomic E-state index is 5.39. The lowest BCUT2D eigenvalue weighted by atomic mass is 10.2. The van der Waals surface area contributed by atoms with E-state index in [1.54, 1.807) is 14.2 Å². The molecule has 2 aromatic rings. The molecule has 0 saturated heterocycles. The van der Waals surface area contributed by atoms with Crippen LogP contribution in [0, 0.1) is 0 Å². The molecule has 2 rings (SSSR count). The van der Waals surface area contributed by atoms with E-state index in [0.29, 0.717) is 0 Å². The number of benzene rings is 1. The van der Waals surface area contributed by atoms with Crippen LogP contribution in [-0.2, 0) is 6.42 Å². The average Bonchev–Trinajstić information content (AvgIpc) is 2.96. The van der Waals surface area contributed by atoms with E-state index in [4.69, 9.17) is 9.47 Å². The van der Waals surface area contributed by atoms with Crippen LogP contribution in [0.25, 0.3) is 0 Å². The molecule has 0 aliphatic rings. The van der Waals surface area contributed by atoms with E-state index < -0.39 is 0 Å². The lowest BCUT2D eigenvalue weighted by molar-refractivity contribution is 0.404. The molecule has 0 radical (unpaired) electrons. The molecule has 0 aliphatic heterocycles. The summed E-state index contributed by atoms with van der Waals surface area (Å²) in [5.74, 6) is 1.64. The topological polar surface area (TPSA) is 30.5 Å². The summed E-state index contributed by atoms with van der Waals surface area (Å²) in [5, 5.41) is 3.50. The molecule has 1 aromatic carbocycles. The predicted octanol–water partition coefficient (Wildman–Crippen LogP) is 4.50. The Bertz CT molecular complexity index is 565. The van der Waals surface area contributed by atoms with Crippen LogP contribution in [0.15, 0.2) is 30.3 Å². The van der Waals surface area contributed by atoms with Gasteiger partial charge in [-0.25, -0.2) is 0 Å². The van der Waals surface area contributed by atoms with Gasteiger partial charge in [-0.05, 0) is 37.6 Å². The van der Waals surface area contributed by atoms with Gasteiger partial charge in [-0.1, -0.05) is 6.92 Å². The quantitative estimate of drug-likeness (QED) is 0.850. The Morgan fingerprint density at radius 1 is 1.15 bits per heavy atom. The van der Waals surface area contributed by atoms with Crippen LogP contribution < -0.4 is 14.8 Å². The second kappa shape index (κ2) is 6.66. The molecule has 0 fully saturated rings. The number of aryl methyl sites for hydroxylation is 1. The first kappa shape index (κ1) is 14.7. The van der Waals surface area contributed by atoms with Crippen molar-refractivity contribution in [2.45, 2.75) is 26.3 Å². The molecular weight excluding hydrogens is 270 g/mol. The van der Waals surface area contributed by atoms with Crippen molar-refractivity contribution in [3.8, 4) is 11.5 Å². The van der Waals surface area contributed by atoms with E-state index in [9.17, 15) is 0 Å². The Kier molecular flexibility index (Phi) is 4.90. The highest BCUT2D eigenvalue weighted by atomic mass is 32.1. The largest absolute Gasteiger partial charge is 0.497 e. The molecule has 1 atom stereocenters. The van der Waals surface area contributed by atoms with Gasteiger partial charge in [0, 0.05) is 15.8 Å². The number of hydrogen-bond donors (Lipinski definition) is 1. The van der Waals surface area contributed by atoms with Crippen molar-refractivity contribution in [1.82, 2.24) is 0 Å². The van der Waals surface area contributed by atoms with E-state index in [1.807, 2.05) is 29.5 Å². The molecule has 1 aromatic heterocycles. The highest BCUT2D eigenvalue weighted by Gasteiger charge is 2.12. The standard InChI is InChI=1S/C16H21NO2S/c1-5-13-7-9-16(20-13)11(2)17-14-10-12(18-3)6-8-15(14)19-4/h6-11,17H,5H2,1-4H3. The van der Waals surface area contributed by atoms with Gasteiger partial charge in [0.25, 0.3) is 0 Å². The van der Waals surface area contributed by atoms with Crippen LogP contribution in [0.3, 0.4) is 0 Å². The summed E-state index contributed by atoms with van der Waals surface area (Å²) in [5.41, 5.74) is 0.950. The monoisotopic (exact) mass is 291 g/mol. The minimum absolute atomic E-state index is 0.237. The summed E-state index contributed by atoms with van der Waals surface area (Å²) < 4.78 is 10.7. The Labute approximate surface area is 124 Å². The lowest BCUT2D eigenvalue weighted by Crippen LogP contribution is -2.06. The third-order valence-electron chi connectivity index (χ3n) is 3.24. The number of nitrogens with one attached hydrogen (secondary N) is 1. The van der Waals surface area contributed by atoms with Gasteiger partial charge in [0.15, 0.2) is 0 Å². The summed E-state index contributed by atoms with van der Waals surface area (Å²) in [6.07, 6.45) is 1.08. The van der Waals surface area contributed by atoms with Crippen molar-refractivity contribution in [3.63, 3.8) is 0 Å². The van der Waals surface area contributed by atoms with Gasteiger partial charge < -0.3 is 14.8 Å². The Hall–Kier alpha value is -1.68. The molecule has 108 valence electrons. The summed E-state index contributed by atoms with van der Waals surface area (Å²) in [4.78, 5) is 2.73. The minimum atomic E-state index is 0.237. The first-order valence-corrected chi connectivity index (χ1v) is 7.56. The van der Waals surface area contributed by atoms with Crippen molar-refractivity contribution < 1.29 is 9.47 Å². The fourth-order valence-electron chi connectivity index (χ4n) is 2.05. The number of thiophene rings is 1. The van der Waals surface area contributed by atoms with Gasteiger partial charge in [-0.2, -0.15) is 0 Å². The summed E-state index contributed by atoms with van der Waals surface area (Å²) in [6, 6.07) is 10.4.